The topological polar surface area (TPSA) is 73.3 Å². The molecule has 3 heterocycles. The van der Waals surface area contributed by atoms with Crippen molar-refractivity contribution in [1.29, 1.82) is 0 Å². The van der Waals surface area contributed by atoms with E-state index in [2.05, 4.69) is 15.3 Å². The molecule has 0 aliphatic carbocycles. The Kier molecular flexibility index (Phi) is 4.39. The maximum atomic E-state index is 12.3. The lowest BCUT2D eigenvalue weighted by atomic mass is 9.80. The van der Waals surface area contributed by atoms with Crippen molar-refractivity contribution in [2.24, 2.45) is 0 Å². The highest BCUT2D eigenvalue weighted by molar-refractivity contribution is 6.62. The van der Waals surface area contributed by atoms with Crippen LogP contribution in [0.2, 0.25) is 0 Å². The van der Waals surface area contributed by atoms with Crippen molar-refractivity contribution in [3.63, 3.8) is 0 Å². The number of nitrogens with one attached hydrogen (secondary N) is 1. The monoisotopic (exact) mass is 339 g/mol. The number of anilines is 1. The number of hydrogen-bond donors (Lipinski definition) is 1. The van der Waals surface area contributed by atoms with Crippen LogP contribution in [0.3, 0.4) is 0 Å². The van der Waals surface area contributed by atoms with Crippen LogP contribution in [-0.4, -0.2) is 34.2 Å². The van der Waals surface area contributed by atoms with Crippen molar-refractivity contribution in [2.75, 3.05) is 5.32 Å². The first-order valence-corrected chi connectivity index (χ1v) is 8.24. The lowest BCUT2D eigenvalue weighted by molar-refractivity contribution is 0.00578. The van der Waals surface area contributed by atoms with Gasteiger partial charge in [-0.15, -0.1) is 0 Å². The molecule has 1 aliphatic heterocycles. The van der Waals surface area contributed by atoms with Gasteiger partial charge in [-0.2, -0.15) is 0 Å². The van der Waals surface area contributed by atoms with Gasteiger partial charge < -0.3 is 14.6 Å². The van der Waals surface area contributed by atoms with Gasteiger partial charge in [0.2, 0.25) is 0 Å². The number of aryl methyl sites for hydroxylation is 1. The van der Waals surface area contributed by atoms with E-state index in [9.17, 15) is 4.79 Å². The molecule has 1 saturated heterocycles. The maximum Gasteiger partial charge on any atom is 0.495 e. The normalized spacial score (nSPS) is 18.2. The Morgan fingerprint density at radius 2 is 1.80 bits per heavy atom. The van der Waals surface area contributed by atoms with E-state index in [-0.39, 0.29) is 5.91 Å². The van der Waals surface area contributed by atoms with Crippen LogP contribution in [0, 0.1) is 6.92 Å². The van der Waals surface area contributed by atoms with Crippen LogP contribution in [0.15, 0.2) is 36.5 Å². The van der Waals surface area contributed by atoms with Gasteiger partial charge in [-0.05, 0) is 64.3 Å². The molecule has 1 fully saturated rings. The molecule has 0 spiro atoms. The Balaban J connectivity index is 1.78. The van der Waals surface area contributed by atoms with Gasteiger partial charge >= 0.3 is 7.12 Å². The Morgan fingerprint density at radius 1 is 1.12 bits per heavy atom. The largest absolute Gasteiger partial charge is 0.495 e. The number of aromatic nitrogens is 2. The second kappa shape index (κ2) is 6.24. The van der Waals surface area contributed by atoms with E-state index >= 15 is 0 Å². The van der Waals surface area contributed by atoms with E-state index in [1.165, 1.54) is 0 Å². The van der Waals surface area contributed by atoms with Crippen molar-refractivity contribution in [3.05, 3.63) is 47.9 Å². The highest BCUT2D eigenvalue weighted by Gasteiger charge is 2.51. The number of nitrogens with zero attached hydrogens (tertiary/aromatic N) is 2. The number of carbonyl (C=O) groups excluding carboxylic acids is 1. The predicted molar refractivity (Wildman–Crippen MR) is 96.9 cm³/mol. The summed E-state index contributed by atoms with van der Waals surface area (Å²) in [4.78, 5) is 20.7. The highest BCUT2D eigenvalue weighted by atomic mass is 16.7. The van der Waals surface area contributed by atoms with Gasteiger partial charge in [0, 0.05) is 11.9 Å². The van der Waals surface area contributed by atoms with E-state index in [0.29, 0.717) is 11.5 Å². The number of carbonyl (C=O) groups is 1. The minimum absolute atomic E-state index is 0.303. The molecule has 1 N–H and O–H groups in total. The fraction of sp³-hybridized carbons (Fsp3) is 0.389. The van der Waals surface area contributed by atoms with Gasteiger partial charge in [0.25, 0.3) is 5.91 Å². The summed E-state index contributed by atoms with van der Waals surface area (Å²) in [6, 6.07) is 8.89. The van der Waals surface area contributed by atoms with E-state index in [1.807, 2.05) is 46.8 Å². The molecular formula is C18H22BN3O3. The van der Waals surface area contributed by atoms with Crippen molar-refractivity contribution >= 4 is 24.3 Å². The third-order valence-corrected chi connectivity index (χ3v) is 4.67. The van der Waals surface area contributed by atoms with Crippen molar-refractivity contribution in [3.8, 4) is 0 Å². The van der Waals surface area contributed by atoms with Crippen molar-refractivity contribution in [2.45, 2.75) is 45.8 Å². The molecular weight excluding hydrogens is 317 g/mol. The van der Waals surface area contributed by atoms with Gasteiger partial charge in [0.05, 0.1) is 11.2 Å². The molecule has 0 unspecified atom stereocenters. The molecule has 25 heavy (non-hydrogen) atoms. The molecule has 0 bridgehead atoms. The fourth-order valence-electron chi connectivity index (χ4n) is 2.49. The SMILES string of the molecule is Cc1cccc(C(=O)Nc2cc(B3OC(C)(C)C(C)(C)O3)ccn2)n1. The number of pyridine rings is 2. The number of amides is 1. The molecule has 3 rings (SSSR count). The zero-order chi connectivity index (χ0) is 18.2. The molecule has 6 nitrogen and oxygen atoms in total. The summed E-state index contributed by atoms with van der Waals surface area (Å²) in [7, 11) is -0.499. The Bertz CT molecular complexity index is 792. The Hall–Kier alpha value is -2.25. The third kappa shape index (κ3) is 3.57. The zero-order valence-corrected chi connectivity index (χ0v) is 15.2. The highest BCUT2D eigenvalue weighted by Crippen LogP contribution is 2.36. The van der Waals surface area contributed by atoms with Crippen LogP contribution in [0.1, 0.15) is 43.9 Å². The summed E-state index contributed by atoms with van der Waals surface area (Å²) in [6.07, 6.45) is 1.62. The quantitative estimate of drug-likeness (QED) is 0.869. The van der Waals surface area contributed by atoms with Gasteiger partial charge in [0.15, 0.2) is 0 Å². The Labute approximate surface area is 148 Å². The molecule has 0 atom stereocenters. The van der Waals surface area contributed by atoms with Crippen LogP contribution < -0.4 is 10.8 Å². The first kappa shape index (κ1) is 17.6. The van der Waals surface area contributed by atoms with Crippen LogP contribution in [0.25, 0.3) is 0 Å². The van der Waals surface area contributed by atoms with Gasteiger partial charge in [-0.3, -0.25) is 4.79 Å². The zero-order valence-electron chi connectivity index (χ0n) is 15.2. The average molecular weight is 339 g/mol. The summed E-state index contributed by atoms with van der Waals surface area (Å²) >= 11 is 0. The van der Waals surface area contributed by atoms with Crippen LogP contribution in [0.4, 0.5) is 5.82 Å². The van der Waals surface area contributed by atoms with Gasteiger partial charge in [-0.1, -0.05) is 6.07 Å². The van der Waals surface area contributed by atoms with Crippen molar-refractivity contribution in [1.82, 2.24) is 9.97 Å². The molecule has 2 aromatic rings. The minimum Gasteiger partial charge on any atom is -0.399 e. The van der Waals surface area contributed by atoms with E-state index < -0.39 is 18.3 Å². The van der Waals surface area contributed by atoms with Gasteiger partial charge in [-0.25, -0.2) is 9.97 Å². The first-order valence-electron chi connectivity index (χ1n) is 8.24. The minimum atomic E-state index is -0.499. The van der Waals surface area contributed by atoms with Crippen molar-refractivity contribution < 1.29 is 14.1 Å². The molecule has 2 aromatic heterocycles. The van der Waals surface area contributed by atoms with Gasteiger partial charge in [0.1, 0.15) is 11.5 Å². The summed E-state index contributed by atoms with van der Waals surface area (Å²) in [5.41, 5.74) is 1.10. The van der Waals surface area contributed by atoms with Crippen LogP contribution in [0.5, 0.6) is 0 Å². The molecule has 0 saturated carbocycles. The standard InChI is InChI=1S/C18H22BN3O3/c1-12-7-6-8-14(21-12)16(23)22-15-11-13(9-10-20-15)19-24-17(2,3)18(4,5)25-19/h6-11H,1-5H3,(H,20,22,23). The summed E-state index contributed by atoms with van der Waals surface area (Å²) in [6.45, 7) is 9.84. The van der Waals surface area contributed by atoms with Crippen LogP contribution in [-0.2, 0) is 9.31 Å². The van der Waals surface area contributed by atoms with E-state index in [1.54, 1.807) is 24.4 Å². The molecule has 1 amide bonds. The molecule has 1 aliphatic rings. The average Bonchev–Trinajstić information content (AvgIpc) is 2.76. The first-order chi connectivity index (χ1) is 11.7. The predicted octanol–water partition coefficient (Wildman–Crippen LogP) is 2.34. The number of rotatable bonds is 3. The molecule has 0 radical (unpaired) electrons. The second-order valence-corrected chi connectivity index (χ2v) is 7.18. The smallest absolute Gasteiger partial charge is 0.399 e. The van der Waals surface area contributed by atoms with E-state index in [4.69, 9.17) is 9.31 Å². The van der Waals surface area contributed by atoms with E-state index in [0.717, 1.165) is 11.2 Å². The second-order valence-electron chi connectivity index (χ2n) is 7.18. The number of hydrogen-bond acceptors (Lipinski definition) is 5. The lowest BCUT2D eigenvalue weighted by Gasteiger charge is -2.32. The summed E-state index contributed by atoms with van der Waals surface area (Å²) in [5, 5.41) is 2.77. The lowest BCUT2D eigenvalue weighted by Crippen LogP contribution is -2.41. The van der Waals surface area contributed by atoms with Crippen LogP contribution >= 0.6 is 0 Å². The Morgan fingerprint density at radius 3 is 2.44 bits per heavy atom. The third-order valence-electron chi connectivity index (χ3n) is 4.67. The molecule has 130 valence electrons. The molecule has 7 heteroatoms. The maximum absolute atomic E-state index is 12.3. The molecule has 0 aromatic carbocycles. The summed E-state index contributed by atoms with van der Waals surface area (Å²) in [5.74, 6) is 0.128. The fourth-order valence-corrected chi connectivity index (χ4v) is 2.49. The summed E-state index contributed by atoms with van der Waals surface area (Å²) < 4.78 is 12.1.